The van der Waals surface area contributed by atoms with Crippen molar-refractivity contribution < 1.29 is 21.6 Å². The molecule has 3 nitrogen and oxygen atoms in total. The highest BCUT2D eigenvalue weighted by atomic mass is 32.2. The molecule has 0 fully saturated rings. The minimum absolute atomic E-state index is 0.0127. The molecule has 15 heavy (non-hydrogen) atoms. The van der Waals surface area contributed by atoms with Crippen LogP contribution in [0.1, 0.15) is 5.56 Å². The Hall–Kier alpha value is -1.08. The number of nitrogens with two attached hydrogens (primary N) is 1. The third kappa shape index (κ3) is 2.29. The molecule has 2 N–H and O–H groups in total. The highest BCUT2D eigenvalue weighted by Gasteiger charge is 2.46. The topological polar surface area (TPSA) is 60.2 Å². The first-order chi connectivity index (χ1) is 6.79. The van der Waals surface area contributed by atoms with E-state index in [1.165, 1.54) is 12.1 Å². The Balaban J connectivity index is 3.29. The summed E-state index contributed by atoms with van der Waals surface area (Å²) in [6.07, 6.45) is 0. The van der Waals surface area contributed by atoms with E-state index in [0.717, 1.165) is 12.1 Å². The molecule has 0 aliphatic carbocycles. The third-order valence-electron chi connectivity index (χ3n) is 1.75. The third-order valence-corrected chi connectivity index (χ3v) is 3.23. The van der Waals surface area contributed by atoms with Crippen molar-refractivity contribution in [3.05, 3.63) is 29.8 Å². The molecule has 0 amide bonds. The van der Waals surface area contributed by atoms with Gasteiger partial charge in [-0.1, -0.05) is 12.1 Å². The maximum atomic E-state index is 12.1. The van der Waals surface area contributed by atoms with Gasteiger partial charge in [-0.15, -0.1) is 0 Å². The molecule has 0 unspecified atom stereocenters. The van der Waals surface area contributed by atoms with Crippen molar-refractivity contribution in [2.45, 2.75) is 16.9 Å². The van der Waals surface area contributed by atoms with Crippen molar-refractivity contribution in [3.8, 4) is 0 Å². The van der Waals surface area contributed by atoms with E-state index >= 15 is 0 Å². The van der Waals surface area contributed by atoms with Crippen LogP contribution in [0, 0.1) is 0 Å². The largest absolute Gasteiger partial charge is 0.501 e. The summed E-state index contributed by atoms with van der Waals surface area (Å²) in [4.78, 5) is -0.780. The molecule has 0 aromatic heterocycles. The average Bonchev–Trinajstić information content (AvgIpc) is 2.16. The van der Waals surface area contributed by atoms with Crippen molar-refractivity contribution in [1.82, 2.24) is 0 Å². The van der Waals surface area contributed by atoms with Gasteiger partial charge in [-0.2, -0.15) is 13.2 Å². The van der Waals surface area contributed by atoms with Crippen LogP contribution in [0.4, 0.5) is 13.2 Å². The fourth-order valence-corrected chi connectivity index (χ4v) is 1.80. The van der Waals surface area contributed by atoms with E-state index in [0.29, 0.717) is 5.56 Å². The van der Waals surface area contributed by atoms with Crippen LogP contribution in [-0.4, -0.2) is 13.9 Å². The molecule has 84 valence electrons. The van der Waals surface area contributed by atoms with Gasteiger partial charge in [0.05, 0.1) is 4.90 Å². The van der Waals surface area contributed by atoms with E-state index in [-0.39, 0.29) is 6.54 Å². The van der Waals surface area contributed by atoms with Gasteiger partial charge in [0.1, 0.15) is 0 Å². The normalized spacial score (nSPS) is 12.8. The lowest BCUT2D eigenvalue weighted by molar-refractivity contribution is -0.0436. The Morgan fingerprint density at radius 1 is 1.27 bits per heavy atom. The average molecular weight is 239 g/mol. The highest BCUT2D eigenvalue weighted by Crippen LogP contribution is 2.30. The number of alkyl halides is 3. The lowest BCUT2D eigenvalue weighted by atomic mass is 10.2. The van der Waals surface area contributed by atoms with Crippen LogP contribution in [0.2, 0.25) is 0 Å². The Morgan fingerprint density at radius 3 is 2.33 bits per heavy atom. The van der Waals surface area contributed by atoms with Crippen LogP contribution in [-0.2, 0) is 16.4 Å². The standard InChI is InChI=1S/C8H8F3NO2S/c9-8(10,11)15(13,14)7-3-1-2-6(4-7)5-12/h1-4H,5,12H2. The Morgan fingerprint density at radius 2 is 1.87 bits per heavy atom. The van der Waals surface area contributed by atoms with Crippen molar-refractivity contribution in [2.75, 3.05) is 0 Å². The van der Waals surface area contributed by atoms with Gasteiger partial charge in [-0.3, -0.25) is 0 Å². The Labute approximate surface area is 84.6 Å². The molecule has 0 spiro atoms. The first-order valence-electron chi connectivity index (χ1n) is 3.89. The Kier molecular flexibility index (Phi) is 3.05. The number of halogens is 3. The zero-order valence-corrected chi connectivity index (χ0v) is 8.27. The fraction of sp³-hybridized carbons (Fsp3) is 0.250. The number of benzene rings is 1. The molecule has 0 atom stereocenters. The Bertz CT molecular complexity index is 453. The highest BCUT2D eigenvalue weighted by molar-refractivity contribution is 7.92. The summed E-state index contributed by atoms with van der Waals surface area (Å²) < 4.78 is 58.3. The zero-order valence-electron chi connectivity index (χ0n) is 7.45. The van der Waals surface area contributed by atoms with E-state index in [1.54, 1.807) is 0 Å². The number of rotatable bonds is 2. The van der Waals surface area contributed by atoms with Gasteiger partial charge in [0.2, 0.25) is 0 Å². The molecule has 0 aliphatic rings. The quantitative estimate of drug-likeness (QED) is 0.849. The minimum atomic E-state index is -5.28. The monoisotopic (exact) mass is 239 g/mol. The summed E-state index contributed by atoms with van der Waals surface area (Å²) in [5, 5.41) is 0. The molecule has 1 aromatic carbocycles. The summed E-state index contributed by atoms with van der Waals surface area (Å²) in [7, 11) is -5.26. The van der Waals surface area contributed by atoms with Crippen molar-refractivity contribution in [2.24, 2.45) is 5.73 Å². The van der Waals surface area contributed by atoms with Crippen LogP contribution >= 0.6 is 0 Å². The summed E-state index contributed by atoms with van der Waals surface area (Å²) in [6.45, 7) is -0.0127. The zero-order chi connectivity index (χ0) is 11.7. The van der Waals surface area contributed by atoms with Gasteiger partial charge in [0.15, 0.2) is 0 Å². The van der Waals surface area contributed by atoms with Gasteiger partial charge in [-0.25, -0.2) is 8.42 Å². The second kappa shape index (κ2) is 3.82. The first-order valence-corrected chi connectivity index (χ1v) is 5.37. The molecule has 0 aliphatic heterocycles. The van der Waals surface area contributed by atoms with Gasteiger partial charge in [-0.05, 0) is 17.7 Å². The predicted octanol–water partition coefficient (Wildman–Crippen LogP) is 1.44. The first kappa shape index (κ1) is 12.0. The number of hydrogen-bond acceptors (Lipinski definition) is 3. The van der Waals surface area contributed by atoms with E-state index in [9.17, 15) is 21.6 Å². The molecule has 1 rings (SSSR count). The fourth-order valence-electron chi connectivity index (χ4n) is 0.973. The SMILES string of the molecule is NCc1cccc(S(=O)(=O)C(F)(F)F)c1. The van der Waals surface area contributed by atoms with E-state index in [1.807, 2.05) is 0 Å². The maximum Gasteiger partial charge on any atom is 0.501 e. The molecular formula is C8H8F3NO2S. The molecule has 0 radical (unpaired) electrons. The maximum absolute atomic E-state index is 12.1. The smallest absolute Gasteiger partial charge is 0.326 e. The van der Waals surface area contributed by atoms with Crippen molar-refractivity contribution in [3.63, 3.8) is 0 Å². The number of hydrogen-bond donors (Lipinski definition) is 1. The minimum Gasteiger partial charge on any atom is -0.326 e. The van der Waals surface area contributed by atoms with Crippen LogP contribution in [0.25, 0.3) is 0 Å². The predicted molar refractivity (Wildman–Crippen MR) is 47.6 cm³/mol. The molecular weight excluding hydrogens is 231 g/mol. The van der Waals surface area contributed by atoms with Gasteiger partial charge >= 0.3 is 5.51 Å². The summed E-state index contributed by atoms with van der Waals surface area (Å²) >= 11 is 0. The van der Waals surface area contributed by atoms with E-state index < -0.39 is 20.2 Å². The molecule has 0 saturated carbocycles. The molecule has 0 bridgehead atoms. The molecule has 1 aromatic rings. The van der Waals surface area contributed by atoms with Crippen LogP contribution in [0.5, 0.6) is 0 Å². The molecule has 0 saturated heterocycles. The lowest BCUT2D eigenvalue weighted by Gasteiger charge is -2.08. The second-order valence-corrected chi connectivity index (χ2v) is 4.74. The van der Waals surface area contributed by atoms with Crippen LogP contribution in [0.3, 0.4) is 0 Å². The summed E-state index contributed by atoms with van der Waals surface area (Å²) in [5.74, 6) is 0. The second-order valence-electron chi connectivity index (χ2n) is 2.80. The van der Waals surface area contributed by atoms with E-state index in [2.05, 4.69) is 0 Å². The number of sulfone groups is 1. The molecule has 7 heteroatoms. The van der Waals surface area contributed by atoms with Crippen molar-refractivity contribution in [1.29, 1.82) is 0 Å². The van der Waals surface area contributed by atoms with Gasteiger partial charge < -0.3 is 5.73 Å². The summed E-state index contributed by atoms with van der Waals surface area (Å²) in [6, 6.07) is 4.49. The van der Waals surface area contributed by atoms with Gasteiger partial charge in [0.25, 0.3) is 9.84 Å². The van der Waals surface area contributed by atoms with Crippen LogP contribution in [0.15, 0.2) is 29.2 Å². The van der Waals surface area contributed by atoms with Gasteiger partial charge in [0, 0.05) is 6.54 Å². The molecule has 0 heterocycles. The van der Waals surface area contributed by atoms with E-state index in [4.69, 9.17) is 5.73 Å². The van der Waals surface area contributed by atoms with Crippen molar-refractivity contribution >= 4 is 9.84 Å². The summed E-state index contributed by atoms with van der Waals surface area (Å²) in [5.41, 5.74) is 0.251. The lowest BCUT2D eigenvalue weighted by Crippen LogP contribution is -2.23. The van der Waals surface area contributed by atoms with Crippen LogP contribution < -0.4 is 5.73 Å².